The summed E-state index contributed by atoms with van der Waals surface area (Å²) in [5, 5.41) is 10.4. The minimum atomic E-state index is -4.42. The molecule has 17 heavy (non-hydrogen) atoms. The highest BCUT2D eigenvalue weighted by Gasteiger charge is 2.52. The van der Waals surface area contributed by atoms with Crippen LogP contribution in [0.5, 0.6) is 0 Å². The summed E-state index contributed by atoms with van der Waals surface area (Å²) in [5.74, 6) is 0. The molecular weight excluding hydrogens is 229 g/mol. The molecule has 0 saturated heterocycles. The van der Waals surface area contributed by atoms with E-state index in [0.29, 0.717) is 12.0 Å². The SMILES string of the molecule is CC1(C)Cc2cccc(C(F)(F)F)c2C1(C)O. The van der Waals surface area contributed by atoms with Crippen molar-refractivity contribution in [2.24, 2.45) is 5.41 Å². The molecule has 1 aliphatic rings. The third-order valence-electron chi connectivity index (χ3n) is 3.89. The van der Waals surface area contributed by atoms with Gasteiger partial charge in [0.2, 0.25) is 0 Å². The zero-order chi connectivity index (χ0) is 13.1. The summed E-state index contributed by atoms with van der Waals surface area (Å²) in [6.07, 6.45) is -3.96. The molecular formula is C13H15F3O. The average molecular weight is 244 g/mol. The molecule has 4 heteroatoms. The van der Waals surface area contributed by atoms with Crippen molar-refractivity contribution in [2.45, 2.75) is 39.0 Å². The van der Waals surface area contributed by atoms with Crippen molar-refractivity contribution in [3.63, 3.8) is 0 Å². The quantitative estimate of drug-likeness (QED) is 0.740. The van der Waals surface area contributed by atoms with E-state index in [0.717, 1.165) is 6.07 Å². The van der Waals surface area contributed by atoms with Gasteiger partial charge in [-0.1, -0.05) is 26.0 Å². The van der Waals surface area contributed by atoms with Crippen LogP contribution >= 0.6 is 0 Å². The second-order valence-corrected chi connectivity index (χ2v) is 5.47. The second kappa shape index (κ2) is 3.25. The first-order valence-corrected chi connectivity index (χ1v) is 5.49. The van der Waals surface area contributed by atoms with E-state index in [2.05, 4.69) is 0 Å². The molecule has 0 saturated carbocycles. The Kier molecular flexibility index (Phi) is 2.38. The monoisotopic (exact) mass is 244 g/mol. The molecule has 0 amide bonds. The van der Waals surface area contributed by atoms with Gasteiger partial charge in [-0.3, -0.25) is 0 Å². The molecule has 2 rings (SSSR count). The van der Waals surface area contributed by atoms with Gasteiger partial charge < -0.3 is 5.11 Å². The largest absolute Gasteiger partial charge is 0.416 e. The number of fused-ring (bicyclic) bond motifs is 1. The van der Waals surface area contributed by atoms with E-state index in [4.69, 9.17) is 0 Å². The fourth-order valence-electron chi connectivity index (χ4n) is 2.55. The maximum atomic E-state index is 12.9. The van der Waals surface area contributed by atoms with Gasteiger partial charge in [0.25, 0.3) is 0 Å². The van der Waals surface area contributed by atoms with Crippen LogP contribution in [0.2, 0.25) is 0 Å². The third-order valence-corrected chi connectivity index (χ3v) is 3.89. The summed E-state index contributed by atoms with van der Waals surface area (Å²) in [7, 11) is 0. The van der Waals surface area contributed by atoms with Crippen molar-refractivity contribution < 1.29 is 18.3 Å². The Hall–Kier alpha value is -1.03. The number of hydrogen-bond donors (Lipinski definition) is 1. The van der Waals surface area contributed by atoms with Gasteiger partial charge in [-0.25, -0.2) is 0 Å². The van der Waals surface area contributed by atoms with Crippen LogP contribution in [0.15, 0.2) is 18.2 Å². The highest BCUT2D eigenvalue weighted by atomic mass is 19.4. The lowest BCUT2D eigenvalue weighted by Crippen LogP contribution is -2.36. The van der Waals surface area contributed by atoms with Crippen LogP contribution in [-0.2, 0) is 18.2 Å². The lowest BCUT2D eigenvalue weighted by atomic mass is 9.76. The first kappa shape index (κ1) is 12.4. The van der Waals surface area contributed by atoms with Gasteiger partial charge in [-0.05, 0) is 30.5 Å². The number of halogens is 3. The van der Waals surface area contributed by atoms with Gasteiger partial charge in [0.15, 0.2) is 0 Å². The minimum absolute atomic E-state index is 0.0394. The summed E-state index contributed by atoms with van der Waals surface area (Å²) in [6.45, 7) is 5.04. The Morgan fingerprint density at radius 3 is 2.29 bits per heavy atom. The standard InChI is InChI=1S/C13H15F3O/c1-11(2)7-8-5-4-6-9(13(14,15)16)10(8)12(11,3)17/h4-6,17H,7H2,1-3H3. The van der Waals surface area contributed by atoms with Crippen molar-refractivity contribution >= 4 is 0 Å². The molecule has 0 heterocycles. The van der Waals surface area contributed by atoms with Crippen molar-refractivity contribution in [1.82, 2.24) is 0 Å². The van der Waals surface area contributed by atoms with E-state index in [-0.39, 0.29) is 5.56 Å². The van der Waals surface area contributed by atoms with E-state index in [1.165, 1.54) is 13.0 Å². The Morgan fingerprint density at radius 1 is 1.18 bits per heavy atom. The van der Waals surface area contributed by atoms with Crippen molar-refractivity contribution in [1.29, 1.82) is 0 Å². The fraction of sp³-hybridized carbons (Fsp3) is 0.538. The van der Waals surface area contributed by atoms with Crippen LogP contribution in [0.1, 0.15) is 37.5 Å². The van der Waals surface area contributed by atoms with Gasteiger partial charge in [-0.2, -0.15) is 13.2 Å². The van der Waals surface area contributed by atoms with Crippen LogP contribution in [0.25, 0.3) is 0 Å². The van der Waals surface area contributed by atoms with Gasteiger partial charge in [-0.15, -0.1) is 0 Å². The van der Waals surface area contributed by atoms with Crippen molar-refractivity contribution in [3.8, 4) is 0 Å². The molecule has 1 atom stereocenters. The van der Waals surface area contributed by atoms with Gasteiger partial charge in [0.1, 0.15) is 0 Å². The molecule has 1 aromatic rings. The number of alkyl halides is 3. The number of aliphatic hydroxyl groups is 1. The molecule has 94 valence electrons. The van der Waals surface area contributed by atoms with Crippen LogP contribution in [0, 0.1) is 5.41 Å². The Labute approximate surface area is 98.3 Å². The molecule has 0 spiro atoms. The van der Waals surface area contributed by atoms with Crippen molar-refractivity contribution in [2.75, 3.05) is 0 Å². The van der Waals surface area contributed by atoms with Gasteiger partial charge in [0, 0.05) is 5.41 Å². The zero-order valence-electron chi connectivity index (χ0n) is 10.0. The molecule has 1 nitrogen and oxygen atoms in total. The summed E-state index contributed by atoms with van der Waals surface area (Å²) in [4.78, 5) is 0. The lowest BCUT2D eigenvalue weighted by Gasteiger charge is -2.35. The smallest absolute Gasteiger partial charge is 0.385 e. The normalized spacial score (nSPS) is 27.0. The Morgan fingerprint density at radius 2 is 1.76 bits per heavy atom. The highest BCUT2D eigenvalue weighted by Crippen LogP contribution is 2.53. The Balaban J connectivity index is 2.71. The molecule has 1 N–H and O–H groups in total. The van der Waals surface area contributed by atoms with Gasteiger partial charge >= 0.3 is 6.18 Å². The van der Waals surface area contributed by atoms with E-state index in [1.54, 1.807) is 19.9 Å². The fourth-order valence-corrected chi connectivity index (χ4v) is 2.55. The first-order chi connectivity index (χ1) is 7.57. The average Bonchev–Trinajstić information content (AvgIpc) is 2.31. The van der Waals surface area contributed by atoms with E-state index in [1.807, 2.05) is 0 Å². The summed E-state index contributed by atoms with van der Waals surface area (Å²) >= 11 is 0. The van der Waals surface area contributed by atoms with Crippen LogP contribution < -0.4 is 0 Å². The minimum Gasteiger partial charge on any atom is -0.385 e. The number of benzene rings is 1. The van der Waals surface area contributed by atoms with E-state index < -0.39 is 22.8 Å². The predicted molar refractivity (Wildman–Crippen MR) is 58.5 cm³/mol. The first-order valence-electron chi connectivity index (χ1n) is 5.49. The van der Waals surface area contributed by atoms with E-state index in [9.17, 15) is 18.3 Å². The summed E-state index contributed by atoms with van der Waals surface area (Å²) in [5.41, 5.74) is -2.12. The number of rotatable bonds is 0. The molecule has 0 aliphatic heterocycles. The predicted octanol–water partition coefficient (Wildman–Crippen LogP) is 3.50. The highest BCUT2D eigenvalue weighted by molar-refractivity contribution is 5.46. The lowest BCUT2D eigenvalue weighted by molar-refractivity contribution is -0.142. The topological polar surface area (TPSA) is 20.2 Å². The van der Waals surface area contributed by atoms with Crippen molar-refractivity contribution in [3.05, 3.63) is 34.9 Å². The van der Waals surface area contributed by atoms with Crippen LogP contribution in [-0.4, -0.2) is 5.11 Å². The zero-order valence-corrected chi connectivity index (χ0v) is 10.0. The second-order valence-electron chi connectivity index (χ2n) is 5.47. The maximum absolute atomic E-state index is 12.9. The molecule has 0 radical (unpaired) electrons. The maximum Gasteiger partial charge on any atom is 0.416 e. The molecule has 0 aromatic heterocycles. The summed E-state index contributed by atoms with van der Waals surface area (Å²) in [6, 6.07) is 4.10. The third kappa shape index (κ3) is 1.66. The number of hydrogen-bond acceptors (Lipinski definition) is 1. The van der Waals surface area contributed by atoms with Gasteiger partial charge in [0.05, 0.1) is 11.2 Å². The molecule has 1 aliphatic carbocycles. The molecule has 0 fully saturated rings. The Bertz CT molecular complexity index is 458. The molecule has 0 bridgehead atoms. The van der Waals surface area contributed by atoms with Crippen LogP contribution in [0.3, 0.4) is 0 Å². The van der Waals surface area contributed by atoms with E-state index >= 15 is 0 Å². The molecule has 1 aromatic carbocycles. The molecule has 1 unspecified atom stereocenters. The summed E-state index contributed by atoms with van der Waals surface area (Å²) < 4.78 is 38.8. The van der Waals surface area contributed by atoms with Crippen LogP contribution in [0.4, 0.5) is 13.2 Å².